The number of hydrogen-bond donors (Lipinski definition) is 2. The Hall–Kier alpha value is -0.780. The van der Waals surface area contributed by atoms with Crippen LogP contribution in [0.5, 0.6) is 0 Å². The molecule has 0 aliphatic rings. The van der Waals surface area contributed by atoms with E-state index >= 15 is 0 Å². The third kappa shape index (κ3) is 3.63. The Morgan fingerprint density at radius 2 is 1.92 bits per heavy atom. The molecular formula is C7H11F3O3. The highest BCUT2D eigenvalue weighted by atomic mass is 19.4. The fourth-order valence-corrected chi connectivity index (χ4v) is 0.956. The summed E-state index contributed by atoms with van der Waals surface area (Å²) in [5.74, 6) is -3.38. The van der Waals surface area contributed by atoms with Crippen molar-refractivity contribution in [2.24, 2.45) is 5.92 Å². The van der Waals surface area contributed by atoms with Gasteiger partial charge in [-0.25, -0.2) is 0 Å². The minimum Gasteiger partial charge on any atom is -0.481 e. The molecule has 0 saturated heterocycles. The van der Waals surface area contributed by atoms with Crippen molar-refractivity contribution in [3.63, 3.8) is 0 Å². The first-order valence-corrected chi connectivity index (χ1v) is 3.78. The molecule has 0 fully saturated rings. The minimum absolute atomic E-state index is 0.185. The smallest absolute Gasteiger partial charge is 0.415 e. The zero-order chi connectivity index (χ0) is 10.6. The van der Waals surface area contributed by atoms with Crippen LogP contribution in [0.25, 0.3) is 0 Å². The zero-order valence-corrected chi connectivity index (χ0v) is 7.01. The maximum Gasteiger partial charge on any atom is 0.415 e. The van der Waals surface area contributed by atoms with Gasteiger partial charge in [0.25, 0.3) is 0 Å². The first-order valence-electron chi connectivity index (χ1n) is 3.78. The summed E-state index contributed by atoms with van der Waals surface area (Å²) in [6, 6.07) is 0. The number of hydrogen-bond acceptors (Lipinski definition) is 2. The maximum absolute atomic E-state index is 11.9. The number of rotatable bonds is 4. The molecule has 0 aliphatic heterocycles. The summed E-state index contributed by atoms with van der Waals surface area (Å²) in [6.07, 6.45) is -7.54. The van der Waals surface area contributed by atoms with Crippen LogP contribution in [0.3, 0.4) is 0 Å². The number of aliphatic hydroxyl groups excluding tert-OH is 1. The number of carboxylic acid groups (broad SMARTS) is 1. The summed E-state index contributed by atoms with van der Waals surface area (Å²) in [5, 5.41) is 17.0. The number of carboxylic acids is 1. The van der Waals surface area contributed by atoms with Gasteiger partial charge >= 0.3 is 12.1 Å². The van der Waals surface area contributed by atoms with Crippen molar-refractivity contribution < 1.29 is 28.2 Å². The van der Waals surface area contributed by atoms with Crippen LogP contribution in [0, 0.1) is 5.92 Å². The van der Waals surface area contributed by atoms with Gasteiger partial charge in [0, 0.05) is 0 Å². The van der Waals surface area contributed by atoms with Crippen LogP contribution in [0.15, 0.2) is 0 Å². The van der Waals surface area contributed by atoms with E-state index in [9.17, 15) is 18.0 Å². The summed E-state index contributed by atoms with van der Waals surface area (Å²) >= 11 is 0. The Bertz CT molecular complexity index is 178. The molecule has 2 N–H and O–H groups in total. The maximum atomic E-state index is 11.9. The molecule has 0 aromatic carbocycles. The molecule has 0 spiro atoms. The molecule has 0 rings (SSSR count). The first-order chi connectivity index (χ1) is 5.80. The average Bonchev–Trinajstić information content (AvgIpc) is 1.96. The van der Waals surface area contributed by atoms with E-state index in [4.69, 9.17) is 10.2 Å². The molecule has 13 heavy (non-hydrogen) atoms. The van der Waals surface area contributed by atoms with Gasteiger partial charge in [-0.15, -0.1) is 0 Å². The molecule has 0 heterocycles. The van der Waals surface area contributed by atoms with Gasteiger partial charge < -0.3 is 10.2 Å². The standard InChI is InChI=1S/C7H11F3O3/c1-2-3-4(6(12)13)5(11)7(8,9)10/h4-5,11H,2-3H2,1H3,(H,12,13)/t4-,5+/m1/s1. The van der Waals surface area contributed by atoms with E-state index < -0.39 is 24.2 Å². The van der Waals surface area contributed by atoms with Crippen molar-refractivity contribution in [3.8, 4) is 0 Å². The van der Waals surface area contributed by atoms with Crippen LogP contribution in [0.1, 0.15) is 19.8 Å². The summed E-state index contributed by atoms with van der Waals surface area (Å²) < 4.78 is 35.6. The van der Waals surface area contributed by atoms with Crippen molar-refractivity contribution in [3.05, 3.63) is 0 Å². The molecule has 0 bridgehead atoms. The summed E-state index contributed by atoms with van der Waals surface area (Å²) in [5.41, 5.74) is 0. The molecule has 0 radical (unpaired) electrons. The summed E-state index contributed by atoms with van der Waals surface area (Å²) in [7, 11) is 0. The normalized spacial score (nSPS) is 16.7. The average molecular weight is 200 g/mol. The molecule has 0 aliphatic carbocycles. The second-order valence-corrected chi connectivity index (χ2v) is 2.72. The summed E-state index contributed by atoms with van der Waals surface area (Å²) in [6.45, 7) is 1.55. The van der Waals surface area contributed by atoms with Gasteiger partial charge in [-0.05, 0) is 6.42 Å². The van der Waals surface area contributed by atoms with E-state index in [0.29, 0.717) is 0 Å². The fourth-order valence-electron chi connectivity index (χ4n) is 0.956. The van der Waals surface area contributed by atoms with Gasteiger partial charge in [0.2, 0.25) is 0 Å². The quantitative estimate of drug-likeness (QED) is 0.721. The SMILES string of the molecule is CCC[C@@H](C(=O)O)[C@H](O)C(F)(F)F. The van der Waals surface area contributed by atoms with Crippen molar-refractivity contribution in [1.82, 2.24) is 0 Å². The van der Waals surface area contributed by atoms with Gasteiger partial charge in [-0.3, -0.25) is 4.79 Å². The Morgan fingerprint density at radius 3 is 2.15 bits per heavy atom. The van der Waals surface area contributed by atoms with E-state index in [2.05, 4.69) is 0 Å². The minimum atomic E-state index is -4.86. The Balaban J connectivity index is 4.46. The molecule has 0 amide bonds. The molecular weight excluding hydrogens is 189 g/mol. The van der Waals surface area contributed by atoms with Crippen molar-refractivity contribution >= 4 is 5.97 Å². The van der Waals surface area contributed by atoms with Gasteiger partial charge in [0.15, 0.2) is 6.10 Å². The van der Waals surface area contributed by atoms with Crippen LogP contribution >= 0.6 is 0 Å². The lowest BCUT2D eigenvalue weighted by Gasteiger charge is -2.20. The predicted octanol–water partition coefficient (Wildman–Crippen LogP) is 1.41. The van der Waals surface area contributed by atoms with Crippen molar-refractivity contribution in [2.45, 2.75) is 32.0 Å². The van der Waals surface area contributed by atoms with E-state index in [1.165, 1.54) is 0 Å². The van der Waals surface area contributed by atoms with E-state index in [0.717, 1.165) is 0 Å². The first kappa shape index (κ1) is 12.2. The lowest BCUT2D eigenvalue weighted by Crippen LogP contribution is -2.39. The molecule has 6 heteroatoms. The monoisotopic (exact) mass is 200 g/mol. The molecule has 0 unspecified atom stereocenters. The van der Waals surface area contributed by atoms with Crippen molar-refractivity contribution in [2.75, 3.05) is 0 Å². The third-order valence-electron chi connectivity index (χ3n) is 1.63. The van der Waals surface area contributed by atoms with E-state index in [1.54, 1.807) is 6.92 Å². The third-order valence-corrected chi connectivity index (χ3v) is 1.63. The Labute approximate surface area is 73.2 Å². The van der Waals surface area contributed by atoms with E-state index in [1.807, 2.05) is 0 Å². The van der Waals surface area contributed by atoms with Gasteiger partial charge in [-0.2, -0.15) is 13.2 Å². The van der Waals surface area contributed by atoms with Gasteiger partial charge in [0.05, 0.1) is 5.92 Å². The van der Waals surface area contributed by atoms with Crippen LogP contribution in [-0.2, 0) is 4.79 Å². The fraction of sp³-hybridized carbons (Fsp3) is 0.857. The Morgan fingerprint density at radius 1 is 1.46 bits per heavy atom. The highest BCUT2D eigenvalue weighted by molar-refractivity contribution is 5.70. The highest BCUT2D eigenvalue weighted by Gasteiger charge is 2.45. The Kier molecular flexibility index (Phi) is 4.19. The summed E-state index contributed by atoms with van der Waals surface area (Å²) in [4.78, 5) is 10.3. The van der Waals surface area contributed by atoms with E-state index in [-0.39, 0.29) is 12.8 Å². The molecule has 0 aromatic rings. The van der Waals surface area contributed by atoms with Crippen LogP contribution in [0.2, 0.25) is 0 Å². The molecule has 3 nitrogen and oxygen atoms in total. The van der Waals surface area contributed by atoms with Gasteiger partial charge in [-0.1, -0.05) is 13.3 Å². The zero-order valence-electron chi connectivity index (χ0n) is 7.01. The second kappa shape index (κ2) is 4.45. The largest absolute Gasteiger partial charge is 0.481 e. The number of aliphatic hydroxyl groups is 1. The topological polar surface area (TPSA) is 57.5 Å². The lowest BCUT2D eigenvalue weighted by molar-refractivity contribution is -0.223. The van der Waals surface area contributed by atoms with Crippen LogP contribution < -0.4 is 0 Å². The highest BCUT2D eigenvalue weighted by Crippen LogP contribution is 2.28. The lowest BCUT2D eigenvalue weighted by atomic mass is 9.97. The predicted molar refractivity (Wildman–Crippen MR) is 38.1 cm³/mol. The van der Waals surface area contributed by atoms with Gasteiger partial charge in [0.1, 0.15) is 0 Å². The molecule has 2 atom stereocenters. The number of alkyl halides is 3. The van der Waals surface area contributed by atoms with Crippen molar-refractivity contribution in [1.29, 1.82) is 0 Å². The van der Waals surface area contributed by atoms with Crippen LogP contribution in [-0.4, -0.2) is 28.5 Å². The number of halogens is 3. The second-order valence-electron chi connectivity index (χ2n) is 2.72. The number of carbonyl (C=O) groups is 1. The molecule has 0 aromatic heterocycles. The molecule has 78 valence electrons. The van der Waals surface area contributed by atoms with Crippen LogP contribution in [0.4, 0.5) is 13.2 Å². The number of aliphatic carboxylic acids is 1. The molecule has 0 saturated carbocycles.